The van der Waals surface area contributed by atoms with E-state index in [1.807, 2.05) is 13.8 Å². The van der Waals surface area contributed by atoms with E-state index < -0.39 is 24.0 Å². The number of ether oxygens (including phenoxy) is 1. The molecule has 1 fully saturated rings. The van der Waals surface area contributed by atoms with Crippen LogP contribution in [0.25, 0.3) is 0 Å². The van der Waals surface area contributed by atoms with Gasteiger partial charge >= 0.3 is 6.09 Å². The SMILES string of the molecule is C=C(C)C(O)C(C)C(=O)N1C(=O)OCC1C(C)C. The van der Waals surface area contributed by atoms with Crippen molar-refractivity contribution >= 4 is 12.0 Å². The molecule has 0 spiro atoms. The Hall–Kier alpha value is -1.36. The topological polar surface area (TPSA) is 66.8 Å². The number of aliphatic hydroxyl groups excluding tert-OH is 1. The normalized spacial score (nSPS) is 22.9. The highest BCUT2D eigenvalue weighted by molar-refractivity contribution is 5.95. The minimum atomic E-state index is -0.946. The molecule has 5 heteroatoms. The van der Waals surface area contributed by atoms with E-state index in [9.17, 15) is 14.7 Å². The van der Waals surface area contributed by atoms with Crippen LogP contribution in [0.1, 0.15) is 27.7 Å². The van der Waals surface area contributed by atoms with Gasteiger partial charge in [-0.15, -0.1) is 0 Å². The van der Waals surface area contributed by atoms with Gasteiger partial charge in [-0.25, -0.2) is 9.69 Å². The van der Waals surface area contributed by atoms with E-state index in [0.29, 0.717) is 5.57 Å². The first-order chi connectivity index (χ1) is 8.27. The lowest BCUT2D eigenvalue weighted by atomic mass is 9.96. The van der Waals surface area contributed by atoms with Crippen LogP contribution in [-0.4, -0.2) is 40.8 Å². The molecule has 1 N–H and O–H groups in total. The highest BCUT2D eigenvalue weighted by Crippen LogP contribution is 2.24. The second-order valence-corrected chi connectivity index (χ2v) is 5.18. The summed E-state index contributed by atoms with van der Waals surface area (Å²) >= 11 is 0. The number of imide groups is 1. The fourth-order valence-corrected chi connectivity index (χ4v) is 1.96. The molecule has 2 amide bonds. The summed E-state index contributed by atoms with van der Waals surface area (Å²) in [7, 11) is 0. The Labute approximate surface area is 107 Å². The van der Waals surface area contributed by atoms with E-state index in [4.69, 9.17) is 4.74 Å². The highest BCUT2D eigenvalue weighted by atomic mass is 16.6. The van der Waals surface area contributed by atoms with Crippen LogP contribution in [0.5, 0.6) is 0 Å². The third-order valence-corrected chi connectivity index (χ3v) is 3.28. The van der Waals surface area contributed by atoms with Gasteiger partial charge in [0, 0.05) is 0 Å². The molecule has 18 heavy (non-hydrogen) atoms. The second-order valence-electron chi connectivity index (χ2n) is 5.18. The number of rotatable bonds is 4. The lowest BCUT2D eigenvalue weighted by Crippen LogP contribution is -2.46. The molecule has 1 heterocycles. The third kappa shape index (κ3) is 2.72. The molecule has 0 aliphatic carbocycles. The molecular formula is C13H21NO4. The fourth-order valence-electron chi connectivity index (χ4n) is 1.96. The predicted octanol–water partition coefficient (Wildman–Crippen LogP) is 1.56. The molecule has 0 aromatic carbocycles. The van der Waals surface area contributed by atoms with Crippen LogP contribution in [0.15, 0.2) is 12.2 Å². The fraction of sp³-hybridized carbons (Fsp3) is 0.692. The van der Waals surface area contributed by atoms with E-state index in [2.05, 4.69) is 6.58 Å². The van der Waals surface area contributed by atoms with Crippen molar-refractivity contribution in [1.29, 1.82) is 0 Å². The average molecular weight is 255 g/mol. The monoisotopic (exact) mass is 255 g/mol. The maximum Gasteiger partial charge on any atom is 0.416 e. The van der Waals surface area contributed by atoms with Crippen LogP contribution in [0.4, 0.5) is 4.79 Å². The number of amides is 2. The van der Waals surface area contributed by atoms with Crippen molar-refractivity contribution < 1.29 is 19.4 Å². The van der Waals surface area contributed by atoms with E-state index in [-0.39, 0.29) is 18.6 Å². The van der Waals surface area contributed by atoms with Crippen LogP contribution < -0.4 is 0 Å². The molecule has 1 aliphatic rings. The zero-order valence-electron chi connectivity index (χ0n) is 11.3. The van der Waals surface area contributed by atoms with Crippen molar-refractivity contribution in [2.24, 2.45) is 11.8 Å². The summed E-state index contributed by atoms with van der Waals surface area (Å²) in [6.45, 7) is 10.9. The van der Waals surface area contributed by atoms with Gasteiger partial charge in [0.05, 0.1) is 18.1 Å². The number of nitrogens with zero attached hydrogens (tertiary/aromatic N) is 1. The van der Waals surface area contributed by atoms with E-state index in [0.717, 1.165) is 4.90 Å². The van der Waals surface area contributed by atoms with Crippen molar-refractivity contribution in [2.75, 3.05) is 6.61 Å². The van der Waals surface area contributed by atoms with E-state index >= 15 is 0 Å². The first-order valence-corrected chi connectivity index (χ1v) is 6.10. The van der Waals surface area contributed by atoms with Crippen molar-refractivity contribution in [2.45, 2.75) is 39.8 Å². The van der Waals surface area contributed by atoms with Crippen molar-refractivity contribution in [3.63, 3.8) is 0 Å². The number of carbonyl (C=O) groups is 2. The number of carbonyl (C=O) groups excluding carboxylic acids is 2. The molecule has 0 saturated carbocycles. The van der Waals surface area contributed by atoms with Gasteiger partial charge in [-0.3, -0.25) is 4.79 Å². The van der Waals surface area contributed by atoms with E-state index in [1.54, 1.807) is 13.8 Å². The highest BCUT2D eigenvalue weighted by Gasteiger charge is 2.42. The Morgan fingerprint density at radius 1 is 1.50 bits per heavy atom. The molecule has 1 aliphatic heterocycles. The summed E-state index contributed by atoms with van der Waals surface area (Å²) in [6, 6.07) is -0.259. The first kappa shape index (κ1) is 14.7. The molecule has 0 bridgehead atoms. The number of hydrogen-bond donors (Lipinski definition) is 1. The molecule has 0 aromatic rings. The Kier molecular flexibility index (Phi) is 4.51. The quantitative estimate of drug-likeness (QED) is 0.774. The molecule has 1 saturated heterocycles. The minimum Gasteiger partial charge on any atom is -0.447 e. The lowest BCUT2D eigenvalue weighted by Gasteiger charge is -2.27. The van der Waals surface area contributed by atoms with Gasteiger partial charge < -0.3 is 9.84 Å². The van der Waals surface area contributed by atoms with Crippen molar-refractivity contribution in [1.82, 2.24) is 4.90 Å². The third-order valence-electron chi connectivity index (χ3n) is 3.28. The molecule has 0 radical (unpaired) electrons. The van der Waals surface area contributed by atoms with Gasteiger partial charge in [-0.2, -0.15) is 0 Å². The van der Waals surface area contributed by atoms with Crippen LogP contribution in [0.2, 0.25) is 0 Å². The summed E-state index contributed by atoms with van der Waals surface area (Å²) < 4.78 is 4.91. The maximum absolute atomic E-state index is 12.2. The first-order valence-electron chi connectivity index (χ1n) is 6.10. The Balaban J connectivity index is 2.87. The molecule has 3 atom stereocenters. The number of hydrogen-bond acceptors (Lipinski definition) is 4. The van der Waals surface area contributed by atoms with Gasteiger partial charge in [0.2, 0.25) is 5.91 Å². The van der Waals surface area contributed by atoms with Crippen molar-refractivity contribution in [3.8, 4) is 0 Å². The zero-order chi connectivity index (χ0) is 14.0. The standard InChI is InChI=1S/C13H21NO4/c1-7(2)10-6-18-13(17)14(10)12(16)9(5)11(15)8(3)4/h7,9-11,15H,3,6H2,1-2,4-5H3. The van der Waals surface area contributed by atoms with E-state index in [1.165, 1.54) is 0 Å². The van der Waals surface area contributed by atoms with Crippen LogP contribution >= 0.6 is 0 Å². The average Bonchev–Trinajstić information content (AvgIpc) is 2.68. The molecular weight excluding hydrogens is 234 g/mol. The maximum atomic E-state index is 12.2. The molecule has 1 rings (SSSR count). The molecule has 0 aromatic heterocycles. The summed E-state index contributed by atoms with van der Waals surface area (Å²) in [5.74, 6) is -0.990. The Morgan fingerprint density at radius 3 is 2.50 bits per heavy atom. The summed E-state index contributed by atoms with van der Waals surface area (Å²) in [6.07, 6.45) is -1.57. The Bertz CT molecular complexity index is 364. The van der Waals surface area contributed by atoms with Crippen LogP contribution in [-0.2, 0) is 9.53 Å². The van der Waals surface area contributed by atoms with Gasteiger partial charge in [-0.1, -0.05) is 32.9 Å². The largest absolute Gasteiger partial charge is 0.447 e. The van der Waals surface area contributed by atoms with Crippen LogP contribution in [0.3, 0.4) is 0 Å². The summed E-state index contributed by atoms with van der Waals surface area (Å²) in [5, 5.41) is 9.84. The van der Waals surface area contributed by atoms with Gasteiger partial charge in [0.15, 0.2) is 0 Å². The van der Waals surface area contributed by atoms with Crippen molar-refractivity contribution in [3.05, 3.63) is 12.2 Å². The number of cyclic esters (lactones) is 1. The predicted molar refractivity (Wildman–Crippen MR) is 66.8 cm³/mol. The molecule has 102 valence electrons. The lowest BCUT2D eigenvalue weighted by molar-refractivity contribution is -0.136. The zero-order valence-corrected chi connectivity index (χ0v) is 11.3. The smallest absolute Gasteiger partial charge is 0.416 e. The van der Waals surface area contributed by atoms with Gasteiger partial charge in [0.1, 0.15) is 6.61 Å². The van der Waals surface area contributed by atoms with Crippen LogP contribution in [0, 0.1) is 11.8 Å². The summed E-state index contributed by atoms with van der Waals surface area (Å²) in [5.41, 5.74) is 0.504. The minimum absolute atomic E-state index is 0.120. The Morgan fingerprint density at radius 2 is 2.06 bits per heavy atom. The number of aliphatic hydroxyl groups is 1. The molecule has 3 unspecified atom stereocenters. The summed E-state index contributed by atoms with van der Waals surface area (Å²) in [4.78, 5) is 25.0. The van der Waals surface area contributed by atoms with Gasteiger partial charge in [0.25, 0.3) is 0 Å². The molecule has 5 nitrogen and oxygen atoms in total. The van der Waals surface area contributed by atoms with Gasteiger partial charge in [-0.05, 0) is 12.8 Å². The second kappa shape index (κ2) is 5.52.